The molecule has 0 aliphatic heterocycles. The fourth-order valence-electron chi connectivity index (χ4n) is 3.42. The fourth-order valence-corrected chi connectivity index (χ4v) is 4.93. The van der Waals surface area contributed by atoms with Gasteiger partial charge in [-0.05, 0) is 49.9 Å². The van der Waals surface area contributed by atoms with Crippen molar-refractivity contribution in [3.63, 3.8) is 0 Å². The number of anilines is 2. The second-order valence-electron chi connectivity index (χ2n) is 7.33. The van der Waals surface area contributed by atoms with Gasteiger partial charge in [0.05, 0.1) is 9.79 Å². The Bertz CT molecular complexity index is 1570. The number of hydrogen-bond donors (Lipinski definition) is 3. The Morgan fingerprint density at radius 2 is 1.52 bits per heavy atom. The molecule has 9 nitrogen and oxygen atoms in total. The summed E-state index contributed by atoms with van der Waals surface area (Å²) >= 11 is 0. The number of benzene rings is 3. The maximum absolute atomic E-state index is 12.4. The first kappa shape index (κ1) is 22.8. The molecule has 1 aromatic heterocycles. The van der Waals surface area contributed by atoms with Crippen molar-refractivity contribution in [2.24, 2.45) is 5.14 Å². The molecule has 3 aromatic carbocycles. The minimum atomic E-state index is -3.79. The highest BCUT2D eigenvalue weighted by Crippen LogP contribution is 2.32. The zero-order valence-corrected chi connectivity index (χ0v) is 19.4. The molecule has 0 bridgehead atoms. The molecule has 0 fully saturated rings. The molecule has 170 valence electrons. The van der Waals surface area contributed by atoms with Crippen LogP contribution in [0.15, 0.2) is 76.5 Å². The van der Waals surface area contributed by atoms with Crippen molar-refractivity contribution in [2.45, 2.75) is 16.7 Å². The molecular weight excluding hydrogens is 462 g/mol. The molecule has 4 aromatic rings. The second-order valence-corrected chi connectivity index (χ2v) is 10.7. The number of aromatic nitrogens is 2. The van der Waals surface area contributed by atoms with E-state index < -0.39 is 20.0 Å². The molecule has 0 atom stereocenters. The van der Waals surface area contributed by atoms with Gasteiger partial charge in [-0.3, -0.25) is 0 Å². The fraction of sp³-hybridized carbons (Fsp3) is 0.0909. The van der Waals surface area contributed by atoms with E-state index in [1.807, 2.05) is 24.3 Å². The van der Waals surface area contributed by atoms with E-state index in [4.69, 9.17) is 5.14 Å². The van der Waals surface area contributed by atoms with E-state index in [9.17, 15) is 16.8 Å². The Labute approximate surface area is 191 Å². The Morgan fingerprint density at radius 3 is 2.15 bits per heavy atom. The van der Waals surface area contributed by atoms with Gasteiger partial charge in [0.25, 0.3) is 0 Å². The summed E-state index contributed by atoms with van der Waals surface area (Å²) in [6.07, 6.45) is 0. The van der Waals surface area contributed by atoms with Crippen LogP contribution in [0.25, 0.3) is 22.0 Å². The third kappa shape index (κ3) is 4.57. The predicted molar refractivity (Wildman–Crippen MR) is 127 cm³/mol. The quantitative estimate of drug-likeness (QED) is 0.382. The number of nitrogens with two attached hydrogens (primary N) is 1. The standard InChI is InChI=1S/C22H21N5O4S2/c1-14-7-8-15(13-20(14)33(30,31)24-2)21-18-5-3-4-6-19(18)22(27-26-21)25-16-9-11-17(12-10-16)32(23,28)29/h3-13,24H,1-2H3,(H,25,27)(H2,23,28,29). The summed E-state index contributed by atoms with van der Waals surface area (Å²) < 4.78 is 50.1. The van der Waals surface area contributed by atoms with E-state index in [0.29, 0.717) is 28.3 Å². The van der Waals surface area contributed by atoms with E-state index in [0.717, 1.165) is 10.8 Å². The normalized spacial score (nSPS) is 12.1. The van der Waals surface area contributed by atoms with Gasteiger partial charge in [0.2, 0.25) is 20.0 Å². The first-order chi connectivity index (χ1) is 15.6. The van der Waals surface area contributed by atoms with Crippen LogP contribution in [0.4, 0.5) is 11.5 Å². The van der Waals surface area contributed by atoms with Gasteiger partial charge in [-0.25, -0.2) is 26.7 Å². The summed E-state index contributed by atoms with van der Waals surface area (Å²) in [7, 11) is -6.06. The highest BCUT2D eigenvalue weighted by atomic mass is 32.2. The van der Waals surface area contributed by atoms with Crippen LogP contribution in [0, 0.1) is 6.92 Å². The molecule has 0 aliphatic carbocycles. The lowest BCUT2D eigenvalue weighted by Crippen LogP contribution is -2.19. The first-order valence-corrected chi connectivity index (χ1v) is 12.8. The lowest BCUT2D eigenvalue weighted by atomic mass is 10.0. The maximum Gasteiger partial charge on any atom is 0.240 e. The maximum atomic E-state index is 12.4. The highest BCUT2D eigenvalue weighted by Gasteiger charge is 2.18. The van der Waals surface area contributed by atoms with Crippen LogP contribution in [-0.4, -0.2) is 34.1 Å². The van der Waals surface area contributed by atoms with Gasteiger partial charge in [0.15, 0.2) is 5.82 Å². The summed E-state index contributed by atoms with van der Waals surface area (Å²) in [4.78, 5) is 0.177. The number of fused-ring (bicyclic) bond motifs is 1. The predicted octanol–water partition coefficient (Wildman–Crippen LogP) is 2.90. The van der Waals surface area contributed by atoms with Crippen LogP contribution < -0.4 is 15.2 Å². The molecule has 11 heteroatoms. The molecule has 4 N–H and O–H groups in total. The van der Waals surface area contributed by atoms with Crippen molar-refractivity contribution in [1.82, 2.24) is 14.9 Å². The Balaban J connectivity index is 1.79. The molecule has 1 heterocycles. The van der Waals surface area contributed by atoms with E-state index in [2.05, 4.69) is 20.2 Å². The number of primary sulfonamides is 1. The van der Waals surface area contributed by atoms with Crippen molar-refractivity contribution in [3.05, 3.63) is 72.3 Å². The average Bonchev–Trinajstić information content (AvgIpc) is 2.79. The van der Waals surface area contributed by atoms with E-state index in [1.54, 1.807) is 37.3 Å². The summed E-state index contributed by atoms with van der Waals surface area (Å²) in [5.74, 6) is 0.466. The summed E-state index contributed by atoms with van der Waals surface area (Å²) in [6.45, 7) is 1.73. The van der Waals surface area contributed by atoms with Gasteiger partial charge in [0, 0.05) is 22.0 Å². The number of nitrogens with one attached hydrogen (secondary N) is 2. The summed E-state index contributed by atoms with van der Waals surface area (Å²) in [5, 5.41) is 18.5. The first-order valence-electron chi connectivity index (χ1n) is 9.80. The van der Waals surface area contributed by atoms with Crippen LogP contribution in [0.3, 0.4) is 0 Å². The lowest BCUT2D eigenvalue weighted by Gasteiger charge is -2.13. The molecule has 0 radical (unpaired) electrons. The Kier molecular flexibility index (Phi) is 5.89. The van der Waals surface area contributed by atoms with E-state index in [-0.39, 0.29) is 9.79 Å². The van der Waals surface area contributed by atoms with Crippen LogP contribution >= 0.6 is 0 Å². The van der Waals surface area contributed by atoms with Crippen LogP contribution in [0.1, 0.15) is 5.56 Å². The molecule has 0 saturated carbocycles. The van der Waals surface area contributed by atoms with Gasteiger partial charge >= 0.3 is 0 Å². The zero-order chi connectivity index (χ0) is 23.8. The minimum absolute atomic E-state index is 0.00559. The molecule has 0 amide bonds. The molecule has 33 heavy (non-hydrogen) atoms. The third-order valence-corrected chi connectivity index (χ3v) is 7.64. The van der Waals surface area contributed by atoms with Crippen LogP contribution in [-0.2, 0) is 20.0 Å². The topological polar surface area (TPSA) is 144 Å². The molecule has 0 aliphatic rings. The van der Waals surface area contributed by atoms with Crippen molar-refractivity contribution >= 4 is 42.3 Å². The number of hydrogen-bond acceptors (Lipinski definition) is 7. The van der Waals surface area contributed by atoms with Gasteiger partial charge in [0.1, 0.15) is 5.69 Å². The molecule has 4 rings (SSSR count). The SMILES string of the molecule is CNS(=O)(=O)c1cc(-c2nnc(Nc3ccc(S(N)(=O)=O)cc3)c3ccccc23)ccc1C. The monoisotopic (exact) mass is 483 g/mol. The number of rotatable bonds is 6. The van der Waals surface area contributed by atoms with Crippen molar-refractivity contribution < 1.29 is 16.8 Å². The van der Waals surface area contributed by atoms with Crippen LogP contribution in [0.5, 0.6) is 0 Å². The van der Waals surface area contributed by atoms with Gasteiger partial charge in [-0.15, -0.1) is 10.2 Å². The van der Waals surface area contributed by atoms with Gasteiger partial charge in [-0.1, -0.05) is 36.4 Å². The van der Waals surface area contributed by atoms with Crippen LogP contribution in [0.2, 0.25) is 0 Å². The van der Waals surface area contributed by atoms with Gasteiger partial charge in [-0.2, -0.15) is 0 Å². The summed E-state index contributed by atoms with van der Waals surface area (Å²) in [6, 6.07) is 18.5. The summed E-state index contributed by atoms with van der Waals surface area (Å²) in [5.41, 5.74) is 2.37. The average molecular weight is 484 g/mol. The zero-order valence-electron chi connectivity index (χ0n) is 17.8. The number of sulfonamides is 2. The minimum Gasteiger partial charge on any atom is -0.338 e. The van der Waals surface area contributed by atoms with E-state index in [1.165, 1.54) is 19.2 Å². The lowest BCUT2D eigenvalue weighted by molar-refractivity contribution is 0.587. The number of nitrogens with zero attached hydrogens (tertiary/aromatic N) is 2. The Hall–Kier alpha value is -3.38. The highest BCUT2D eigenvalue weighted by molar-refractivity contribution is 7.89. The largest absolute Gasteiger partial charge is 0.338 e. The third-order valence-electron chi connectivity index (χ3n) is 5.15. The van der Waals surface area contributed by atoms with Crippen molar-refractivity contribution in [3.8, 4) is 11.3 Å². The second kappa shape index (κ2) is 8.52. The molecule has 0 saturated heterocycles. The van der Waals surface area contributed by atoms with Gasteiger partial charge < -0.3 is 5.32 Å². The molecule has 0 spiro atoms. The smallest absolute Gasteiger partial charge is 0.240 e. The van der Waals surface area contributed by atoms with Crippen molar-refractivity contribution in [1.29, 1.82) is 0 Å². The van der Waals surface area contributed by atoms with E-state index >= 15 is 0 Å². The number of aryl methyl sites for hydroxylation is 1. The van der Waals surface area contributed by atoms with Crippen molar-refractivity contribution in [2.75, 3.05) is 12.4 Å². The molecule has 0 unspecified atom stereocenters. The Morgan fingerprint density at radius 1 is 0.848 bits per heavy atom. The molecular formula is C22H21N5O4S2.